The standard InChI is InChI=1S/C14H19NO3/c1-2-18-13-6-4-3-5-12(13)15-14(17)10-7-8-11(16)9-10/h3-6,10-11,16H,2,7-9H2,1H3,(H,15,17)/t10-,11-/m0/s1. The maximum Gasteiger partial charge on any atom is 0.227 e. The molecule has 0 aromatic heterocycles. The summed E-state index contributed by atoms with van der Waals surface area (Å²) < 4.78 is 5.46. The van der Waals surface area contributed by atoms with Crippen LogP contribution in [0.25, 0.3) is 0 Å². The van der Waals surface area contributed by atoms with Crippen molar-refractivity contribution in [1.29, 1.82) is 0 Å². The molecular formula is C14H19NO3. The van der Waals surface area contributed by atoms with E-state index in [1.54, 1.807) is 0 Å². The fourth-order valence-corrected chi connectivity index (χ4v) is 2.28. The Labute approximate surface area is 107 Å². The summed E-state index contributed by atoms with van der Waals surface area (Å²) in [6.45, 7) is 2.47. The first-order valence-corrected chi connectivity index (χ1v) is 6.41. The van der Waals surface area contributed by atoms with Crippen LogP contribution in [-0.4, -0.2) is 23.7 Å². The molecule has 18 heavy (non-hydrogen) atoms. The molecule has 0 heterocycles. The molecule has 2 N–H and O–H groups in total. The van der Waals surface area contributed by atoms with Crippen LogP contribution in [0.1, 0.15) is 26.2 Å². The monoisotopic (exact) mass is 249 g/mol. The number of rotatable bonds is 4. The number of nitrogens with one attached hydrogen (secondary N) is 1. The van der Waals surface area contributed by atoms with Gasteiger partial charge in [-0.2, -0.15) is 0 Å². The summed E-state index contributed by atoms with van der Waals surface area (Å²) in [7, 11) is 0. The predicted octanol–water partition coefficient (Wildman–Crippen LogP) is 2.18. The van der Waals surface area contributed by atoms with Gasteiger partial charge >= 0.3 is 0 Å². The molecule has 1 aliphatic carbocycles. The van der Waals surface area contributed by atoms with E-state index < -0.39 is 0 Å². The van der Waals surface area contributed by atoms with Crippen LogP contribution in [0.3, 0.4) is 0 Å². The Balaban J connectivity index is 2.02. The van der Waals surface area contributed by atoms with Gasteiger partial charge in [0.05, 0.1) is 18.4 Å². The van der Waals surface area contributed by atoms with Crippen LogP contribution in [-0.2, 0) is 4.79 Å². The van der Waals surface area contributed by atoms with Gasteiger partial charge in [0.15, 0.2) is 0 Å². The molecule has 0 radical (unpaired) electrons. The Morgan fingerprint density at radius 1 is 1.44 bits per heavy atom. The third kappa shape index (κ3) is 3.01. The molecule has 1 aromatic rings. The minimum Gasteiger partial charge on any atom is -0.492 e. The number of anilines is 1. The summed E-state index contributed by atoms with van der Waals surface area (Å²) in [5.74, 6) is 0.570. The average molecular weight is 249 g/mol. The lowest BCUT2D eigenvalue weighted by Gasteiger charge is -2.14. The molecule has 1 amide bonds. The van der Waals surface area contributed by atoms with Crippen LogP contribution in [0.5, 0.6) is 5.75 Å². The van der Waals surface area contributed by atoms with Gasteiger partial charge in [0.1, 0.15) is 5.75 Å². The molecule has 98 valence electrons. The fraction of sp³-hybridized carbons (Fsp3) is 0.500. The highest BCUT2D eigenvalue weighted by atomic mass is 16.5. The Morgan fingerprint density at radius 3 is 2.89 bits per heavy atom. The number of aliphatic hydroxyl groups excluding tert-OH is 1. The number of carbonyl (C=O) groups excluding carboxylic acids is 1. The molecule has 0 saturated heterocycles. The number of para-hydroxylation sites is 2. The molecule has 1 fully saturated rings. The summed E-state index contributed by atoms with van der Waals surface area (Å²) in [5, 5.41) is 12.3. The van der Waals surface area contributed by atoms with E-state index in [-0.39, 0.29) is 17.9 Å². The number of ether oxygens (including phenoxy) is 1. The molecule has 4 nitrogen and oxygen atoms in total. The zero-order valence-corrected chi connectivity index (χ0v) is 10.6. The van der Waals surface area contributed by atoms with E-state index in [0.717, 1.165) is 6.42 Å². The Hall–Kier alpha value is -1.55. The predicted molar refractivity (Wildman–Crippen MR) is 69.6 cm³/mol. The normalized spacial score (nSPS) is 22.8. The molecule has 0 unspecified atom stereocenters. The zero-order valence-electron chi connectivity index (χ0n) is 10.6. The smallest absolute Gasteiger partial charge is 0.227 e. The Kier molecular flexibility index (Phi) is 4.20. The number of carbonyl (C=O) groups is 1. The summed E-state index contributed by atoms with van der Waals surface area (Å²) >= 11 is 0. The summed E-state index contributed by atoms with van der Waals surface area (Å²) in [5.41, 5.74) is 0.700. The van der Waals surface area contributed by atoms with Crippen molar-refractivity contribution in [3.05, 3.63) is 24.3 Å². The van der Waals surface area contributed by atoms with Crippen molar-refractivity contribution in [3.63, 3.8) is 0 Å². The van der Waals surface area contributed by atoms with Crippen molar-refractivity contribution in [1.82, 2.24) is 0 Å². The van der Waals surface area contributed by atoms with E-state index in [4.69, 9.17) is 4.74 Å². The second-order valence-corrected chi connectivity index (χ2v) is 4.58. The molecule has 0 bridgehead atoms. The van der Waals surface area contributed by atoms with Gasteiger partial charge in [-0.3, -0.25) is 4.79 Å². The van der Waals surface area contributed by atoms with E-state index in [0.29, 0.717) is 30.9 Å². The molecule has 1 aromatic carbocycles. The van der Waals surface area contributed by atoms with Gasteiger partial charge in [-0.15, -0.1) is 0 Å². The molecule has 1 saturated carbocycles. The van der Waals surface area contributed by atoms with E-state index in [9.17, 15) is 9.90 Å². The fourth-order valence-electron chi connectivity index (χ4n) is 2.28. The number of hydrogen-bond donors (Lipinski definition) is 2. The molecular weight excluding hydrogens is 230 g/mol. The van der Waals surface area contributed by atoms with Crippen LogP contribution < -0.4 is 10.1 Å². The lowest BCUT2D eigenvalue weighted by Crippen LogP contribution is -2.21. The van der Waals surface area contributed by atoms with Gasteiger partial charge in [-0.25, -0.2) is 0 Å². The molecule has 0 spiro atoms. The van der Waals surface area contributed by atoms with Gasteiger partial charge in [0.25, 0.3) is 0 Å². The molecule has 1 aliphatic rings. The summed E-state index contributed by atoms with van der Waals surface area (Å²) in [4.78, 5) is 12.0. The van der Waals surface area contributed by atoms with Crippen molar-refractivity contribution in [2.24, 2.45) is 5.92 Å². The minimum absolute atomic E-state index is 0.0290. The zero-order chi connectivity index (χ0) is 13.0. The molecule has 2 rings (SSSR count). The maximum absolute atomic E-state index is 12.0. The topological polar surface area (TPSA) is 58.6 Å². The first-order valence-electron chi connectivity index (χ1n) is 6.41. The highest BCUT2D eigenvalue weighted by molar-refractivity contribution is 5.94. The van der Waals surface area contributed by atoms with Gasteiger partial charge < -0.3 is 15.2 Å². The summed E-state index contributed by atoms with van der Waals surface area (Å²) in [6, 6.07) is 7.40. The molecule has 0 aliphatic heterocycles. The van der Waals surface area contributed by atoms with Crippen molar-refractivity contribution >= 4 is 11.6 Å². The SMILES string of the molecule is CCOc1ccccc1NC(=O)[C@H]1CC[C@H](O)C1. The van der Waals surface area contributed by atoms with Crippen LogP contribution in [0, 0.1) is 5.92 Å². The van der Waals surface area contributed by atoms with Gasteiger partial charge in [0.2, 0.25) is 5.91 Å². The maximum atomic E-state index is 12.0. The van der Waals surface area contributed by atoms with Crippen LogP contribution in [0.4, 0.5) is 5.69 Å². The second-order valence-electron chi connectivity index (χ2n) is 4.58. The Morgan fingerprint density at radius 2 is 2.22 bits per heavy atom. The van der Waals surface area contributed by atoms with Crippen molar-refractivity contribution in [3.8, 4) is 5.75 Å². The van der Waals surface area contributed by atoms with Crippen LogP contribution in [0.15, 0.2) is 24.3 Å². The quantitative estimate of drug-likeness (QED) is 0.860. The van der Waals surface area contributed by atoms with Crippen LogP contribution in [0.2, 0.25) is 0 Å². The highest BCUT2D eigenvalue weighted by Crippen LogP contribution is 2.29. The number of hydrogen-bond acceptors (Lipinski definition) is 3. The third-order valence-corrected chi connectivity index (χ3v) is 3.22. The van der Waals surface area contributed by atoms with Crippen molar-refractivity contribution < 1.29 is 14.6 Å². The average Bonchev–Trinajstić information content (AvgIpc) is 2.79. The minimum atomic E-state index is -0.331. The number of benzene rings is 1. The first-order chi connectivity index (χ1) is 8.70. The van der Waals surface area contributed by atoms with Gasteiger partial charge in [0, 0.05) is 5.92 Å². The third-order valence-electron chi connectivity index (χ3n) is 3.22. The van der Waals surface area contributed by atoms with E-state index in [1.165, 1.54) is 0 Å². The highest BCUT2D eigenvalue weighted by Gasteiger charge is 2.28. The molecule has 2 atom stereocenters. The lowest BCUT2D eigenvalue weighted by molar-refractivity contribution is -0.119. The van der Waals surface area contributed by atoms with Gasteiger partial charge in [-0.1, -0.05) is 12.1 Å². The Bertz CT molecular complexity index is 419. The van der Waals surface area contributed by atoms with Crippen molar-refractivity contribution in [2.45, 2.75) is 32.3 Å². The second kappa shape index (κ2) is 5.87. The lowest BCUT2D eigenvalue weighted by atomic mass is 10.1. The van der Waals surface area contributed by atoms with Gasteiger partial charge in [-0.05, 0) is 38.3 Å². The van der Waals surface area contributed by atoms with Crippen LogP contribution >= 0.6 is 0 Å². The number of amides is 1. The molecule has 4 heteroatoms. The van der Waals surface area contributed by atoms with E-state index in [2.05, 4.69) is 5.32 Å². The first kappa shape index (κ1) is 12.9. The largest absolute Gasteiger partial charge is 0.492 e. The van der Waals surface area contributed by atoms with E-state index in [1.807, 2.05) is 31.2 Å². The summed E-state index contributed by atoms with van der Waals surface area (Å²) in [6.07, 6.45) is 1.69. The number of aliphatic hydroxyl groups is 1. The van der Waals surface area contributed by atoms with Crippen molar-refractivity contribution in [2.75, 3.05) is 11.9 Å². The van der Waals surface area contributed by atoms with E-state index >= 15 is 0 Å².